The van der Waals surface area contributed by atoms with Gasteiger partial charge in [-0.25, -0.2) is 4.90 Å². The summed E-state index contributed by atoms with van der Waals surface area (Å²) in [6.45, 7) is -0.549. The summed E-state index contributed by atoms with van der Waals surface area (Å²) in [5.74, 6) is -3.57. The van der Waals surface area contributed by atoms with Crippen LogP contribution >= 0.6 is 39.0 Å². The number of non-ortho nitro benzene ring substituents is 1. The first-order valence-electron chi connectivity index (χ1n) is 13.1. The highest BCUT2D eigenvalue weighted by Crippen LogP contribution is 2.54. The molecule has 3 atom stereocenters. The minimum atomic E-state index is -4.62. The van der Waals surface area contributed by atoms with Gasteiger partial charge in [0.2, 0.25) is 17.7 Å². The molecule has 45 heavy (non-hydrogen) atoms. The van der Waals surface area contributed by atoms with E-state index in [1.54, 1.807) is 24.3 Å². The summed E-state index contributed by atoms with van der Waals surface area (Å²) in [4.78, 5) is 65.4. The lowest BCUT2D eigenvalue weighted by Crippen LogP contribution is -2.33. The molecule has 0 spiro atoms. The molecule has 2 aliphatic rings. The van der Waals surface area contributed by atoms with E-state index in [-0.39, 0.29) is 17.1 Å². The number of hydrogen-bond donors (Lipinski definition) is 1. The molecule has 0 aliphatic carbocycles. The van der Waals surface area contributed by atoms with Gasteiger partial charge in [-0.1, -0.05) is 57.2 Å². The number of benzene rings is 3. The third-order valence-corrected chi connectivity index (χ3v) is 10.5. The lowest BCUT2D eigenvalue weighted by atomic mass is 9.83. The topological polar surface area (TPSA) is 132 Å². The van der Waals surface area contributed by atoms with Crippen molar-refractivity contribution in [2.45, 2.75) is 28.9 Å². The van der Waals surface area contributed by atoms with E-state index < -0.39 is 62.9 Å². The molecule has 6 rings (SSSR count). The van der Waals surface area contributed by atoms with Crippen LogP contribution in [0.2, 0.25) is 0 Å². The molecule has 16 heteroatoms. The number of aromatic nitrogens is 1. The second kappa shape index (κ2) is 11.6. The van der Waals surface area contributed by atoms with Gasteiger partial charge >= 0.3 is 11.0 Å². The number of thioether (sulfide) groups is 1. The maximum absolute atomic E-state index is 13.9. The van der Waals surface area contributed by atoms with E-state index in [4.69, 9.17) is 0 Å². The van der Waals surface area contributed by atoms with E-state index in [0.717, 1.165) is 55.2 Å². The monoisotopic (exact) mass is 718 g/mol. The van der Waals surface area contributed by atoms with Crippen molar-refractivity contribution in [1.82, 2.24) is 4.57 Å². The van der Waals surface area contributed by atoms with Gasteiger partial charge in [-0.3, -0.25) is 33.9 Å². The Hall–Kier alpha value is -4.28. The van der Waals surface area contributed by atoms with Crippen LogP contribution in [0.4, 0.5) is 30.2 Å². The van der Waals surface area contributed by atoms with Crippen LogP contribution in [-0.2, 0) is 27.1 Å². The van der Waals surface area contributed by atoms with Gasteiger partial charge in [0, 0.05) is 33.1 Å². The first-order valence-corrected chi connectivity index (χ1v) is 15.6. The average molecular weight is 720 g/mol. The highest BCUT2D eigenvalue weighted by molar-refractivity contribution is 9.10. The Morgan fingerprint density at radius 3 is 2.33 bits per heavy atom. The zero-order valence-corrected chi connectivity index (χ0v) is 25.7. The molecule has 1 aromatic heterocycles. The number of thiazole rings is 1. The highest BCUT2D eigenvalue weighted by atomic mass is 79.9. The second-order valence-corrected chi connectivity index (χ2v) is 13.2. The van der Waals surface area contributed by atoms with Crippen molar-refractivity contribution in [2.24, 2.45) is 5.92 Å². The molecular weight excluding hydrogens is 701 g/mol. The van der Waals surface area contributed by atoms with Crippen LogP contribution in [0.15, 0.2) is 87.1 Å². The number of halogens is 4. The zero-order valence-electron chi connectivity index (χ0n) is 22.5. The summed E-state index contributed by atoms with van der Waals surface area (Å²) in [5.41, 5.74) is -0.481. The summed E-state index contributed by atoms with van der Waals surface area (Å²) >= 11 is 5.17. The van der Waals surface area contributed by atoms with Crippen molar-refractivity contribution in [2.75, 3.05) is 10.2 Å². The molecule has 1 fully saturated rings. The standard InChI is InChI=1S/C29H18BrF3N4O6S2/c30-16-6-4-14(5-7-16)21-22-23(26(40)36(25(22)39)18-8-10-19(11-9-18)37(42)43)44-27-24(21)45-28(41)35(27)13-20(38)34-17-3-1-2-15(12-17)29(31,32)33/h1-12,21-23H,13H2,(H,34,38). The number of anilines is 2. The smallest absolute Gasteiger partial charge is 0.325 e. The Morgan fingerprint density at radius 1 is 1.00 bits per heavy atom. The quantitative estimate of drug-likeness (QED) is 0.146. The van der Waals surface area contributed by atoms with E-state index in [9.17, 15) is 42.5 Å². The Bertz CT molecular complexity index is 1930. The van der Waals surface area contributed by atoms with E-state index >= 15 is 0 Å². The SMILES string of the molecule is O=C(Cn1c2c(sc1=O)C(c1ccc(Br)cc1)C1C(=O)N(c3ccc([N+](=O)[O-])cc3)C(=O)C1S2)Nc1cccc(C(F)(F)F)c1. The van der Waals surface area contributed by atoms with Crippen LogP contribution in [0, 0.1) is 16.0 Å². The number of nitro groups is 1. The predicted molar refractivity (Wildman–Crippen MR) is 163 cm³/mol. The normalized spacial score (nSPS) is 19.3. The van der Waals surface area contributed by atoms with Gasteiger partial charge in [0.25, 0.3) is 5.69 Å². The number of fused-ring (bicyclic) bond motifs is 2. The second-order valence-electron chi connectivity index (χ2n) is 10.1. The van der Waals surface area contributed by atoms with Gasteiger partial charge in [0.05, 0.1) is 27.1 Å². The molecule has 3 unspecified atom stereocenters. The van der Waals surface area contributed by atoms with Gasteiger partial charge < -0.3 is 5.32 Å². The first-order chi connectivity index (χ1) is 21.3. The van der Waals surface area contributed by atoms with E-state index in [1.807, 2.05) is 0 Å². The number of imide groups is 1. The largest absolute Gasteiger partial charge is 0.416 e. The number of nitrogens with zero attached hydrogens (tertiary/aromatic N) is 3. The fourth-order valence-corrected chi connectivity index (χ4v) is 8.42. The third-order valence-electron chi connectivity index (χ3n) is 7.37. The fraction of sp³-hybridized carbons (Fsp3) is 0.172. The predicted octanol–water partition coefficient (Wildman–Crippen LogP) is 6.03. The van der Waals surface area contributed by atoms with Crippen molar-refractivity contribution in [3.63, 3.8) is 0 Å². The van der Waals surface area contributed by atoms with Crippen molar-refractivity contribution in [3.05, 3.63) is 113 Å². The van der Waals surface area contributed by atoms with Crippen LogP contribution in [0.3, 0.4) is 0 Å². The maximum Gasteiger partial charge on any atom is 0.416 e. The molecule has 0 bridgehead atoms. The van der Waals surface area contributed by atoms with Crippen molar-refractivity contribution in [1.29, 1.82) is 0 Å². The Labute approximate surface area is 268 Å². The van der Waals surface area contributed by atoms with Crippen molar-refractivity contribution in [3.8, 4) is 0 Å². The summed E-state index contributed by atoms with van der Waals surface area (Å²) in [6, 6.07) is 16.1. The lowest BCUT2D eigenvalue weighted by Gasteiger charge is -2.30. The van der Waals surface area contributed by atoms with Gasteiger partial charge in [0.1, 0.15) is 11.8 Å². The fourth-order valence-electron chi connectivity index (χ4n) is 5.38. The van der Waals surface area contributed by atoms with E-state index in [2.05, 4.69) is 21.2 Å². The van der Waals surface area contributed by atoms with Gasteiger partial charge in [0.15, 0.2) is 0 Å². The number of alkyl halides is 3. The molecule has 3 amide bonds. The lowest BCUT2D eigenvalue weighted by molar-refractivity contribution is -0.384. The highest BCUT2D eigenvalue weighted by Gasteiger charge is 2.56. The molecule has 3 aromatic carbocycles. The first kappa shape index (κ1) is 30.7. The number of rotatable bonds is 6. The van der Waals surface area contributed by atoms with E-state index in [1.165, 1.54) is 30.3 Å². The molecule has 4 aromatic rings. The van der Waals surface area contributed by atoms with Crippen LogP contribution < -0.4 is 15.1 Å². The molecule has 0 saturated carbocycles. The minimum Gasteiger partial charge on any atom is -0.325 e. The molecular formula is C29H18BrF3N4O6S2. The van der Waals surface area contributed by atoms with Crippen LogP contribution in [0.25, 0.3) is 0 Å². The number of carbonyl (C=O) groups excluding carboxylic acids is 3. The number of nitro benzene ring substituents is 1. The number of amides is 3. The van der Waals surface area contributed by atoms with Gasteiger partial charge in [-0.15, -0.1) is 0 Å². The molecule has 230 valence electrons. The summed E-state index contributed by atoms with van der Waals surface area (Å²) in [6.07, 6.45) is -4.62. The Balaban J connectivity index is 1.37. The van der Waals surface area contributed by atoms with Crippen LogP contribution in [-0.4, -0.2) is 32.5 Å². The van der Waals surface area contributed by atoms with Crippen LogP contribution in [0.1, 0.15) is 21.9 Å². The Morgan fingerprint density at radius 2 is 1.69 bits per heavy atom. The minimum absolute atomic E-state index is 0.109. The Kier molecular flexibility index (Phi) is 7.91. The maximum atomic E-state index is 13.9. The molecule has 1 N–H and O–H groups in total. The average Bonchev–Trinajstić information content (AvgIpc) is 3.43. The molecule has 10 nitrogen and oxygen atoms in total. The molecule has 2 aliphatic heterocycles. The molecule has 3 heterocycles. The summed E-state index contributed by atoms with van der Waals surface area (Å²) in [7, 11) is 0. The van der Waals surface area contributed by atoms with E-state index in [0.29, 0.717) is 15.5 Å². The number of hydrogen-bond acceptors (Lipinski definition) is 8. The number of carbonyl (C=O) groups is 3. The summed E-state index contributed by atoms with van der Waals surface area (Å²) < 4.78 is 41.4. The number of nitrogens with one attached hydrogen (secondary N) is 1. The molecule has 1 saturated heterocycles. The third kappa shape index (κ3) is 5.68. The van der Waals surface area contributed by atoms with Crippen molar-refractivity contribution < 1.29 is 32.5 Å². The molecule has 0 radical (unpaired) electrons. The van der Waals surface area contributed by atoms with Gasteiger partial charge in [-0.05, 0) is 48.0 Å². The van der Waals surface area contributed by atoms with Gasteiger partial charge in [-0.2, -0.15) is 13.2 Å². The van der Waals surface area contributed by atoms with Crippen molar-refractivity contribution >= 4 is 73.8 Å². The summed E-state index contributed by atoms with van der Waals surface area (Å²) in [5, 5.41) is 12.8. The zero-order chi connectivity index (χ0) is 32.2. The van der Waals surface area contributed by atoms with Crippen LogP contribution in [0.5, 0.6) is 0 Å².